The molecule has 2 rings (SSSR count). The largest absolute Gasteiger partial charge is 0.508 e. The molecule has 2 unspecified atom stereocenters. The van der Waals surface area contributed by atoms with Crippen molar-refractivity contribution in [1.82, 2.24) is 10.2 Å². The molecule has 0 spiro atoms. The summed E-state index contributed by atoms with van der Waals surface area (Å²) in [4.78, 5) is 41.9. The minimum absolute atomic E-state index is 0.0679. The number of nitrogens with one attached hydrogen (secondary N) is 2. The predicted molar refractivity (Wildman–Crippen MR) is 156 cm³/mol. The number of amides is 3. The molecule has 3 amide bonds. The van der Waals surface area contributed by atoms with Crippen LogP contribution in [0, 0.1) is 20.8 Å². The Hall–Kier alpha value is -3.59. The van der Waals surface area contributed by atoms with Crippen LogP contribution in [0.1, 0.15) is 81.7 Å². The third-order valence-electron chi connectivity index (χ3n) is 6.53. The maximum absolute atomic E-state index is 14.0. The molecule has 0 aliphatic heterocycles. The second kappa shape index (κ2) is 14.7. The number of rotatable bonds is 12. The molecule has 0 aliphatic rings. The summed E-state index contributed by atoms with van der Waals surface area (Å²) in [6.07, 6.45) is 2.56. The SMILES string of the molecule is CCCCCCN(C(=O)C(CO)NC(=O)OC(C)(C)C)C(C(=O)Nc1c(C)cccc1C)c1ccc(O)c(C)c1. The van der Waals surface area contributed by atoms with Crippen molar-refractivity contribution in [1.29, 1.82) is 0 Å². The van der Waals surface area contributed by atoms with Gasteiger partial charge in [-0.05, 0) is 82.3 Å². The number of hydrogen-bond acceptors (Lipinski definition) is 6. The predicted octanol–water partition coefficient (Wildman–Crippen LogP) is 5.29. The fourth-order valence-electron chi connectivity index (χ4n) is 4.44. The van der Waals surface area contributed by atoms with E-state index < -0.39 is 42.2 Å². The first-order valence-corrected chi connectivity index (χ1v) is 13.9. The smallest absolute Gasteiger partial charge is 0.408 e. The molecule has 40 heavy (non-hydrogen) atoms. The Morgan fingerprint density at radius 3 is 2.17 bits per heavy atom. The van der Waals surface area contributed by atoms with Gasteiger partial charge in [0, 0.05) is 12.2 Å². The van der Waals surface area contributed by atoms with E-state index in [1.54, 1.807) is 39.8 Å². The van der Waals surface area contributed by atoms with Gasteiger partial charge in [0.05, 0.1) is 6.61 Å². The van der Waals surface area contributed by atoms with Gasteiger partial charge < -0.3 is 30.5 Å². The molecule has 9 heteroatoms. The number of aryl methyl sites for hydroxylation is 3. The number of aromatic hydroxyl groups is 1. The molecule has 0 radical (unpaired) electrons. The lowest BCUT2D eigenvalue weighted by molar-refractivity contribution is -0.141. The molecule has 220 valence electrons. The first-order valence-electron chi connectivity index (χ1n) is 13.9. The molecule has 0 heterocycles. The first-order chi connectivity index (χ1) is 18.8. The van der Waals surface area contributed by atoms with Gasteiger partial charge in [-0.25, -0.2) is 4.79 Å². The van der Waals surface area contributed by atoms with Crippen molar-refractivity contribution in [2.45, 2.75) is 91.8 Å². The van der Waals surface area contributed by atoms with Crippen molar-refractivity contribution in [3.63, 3.8) is 0 Å². The number of carbonyl (C=O) groups excluding carboxylic acids is 3. The van der Waals surface area contributed by atoms with Crippen molar-refractivity contribution in [3.8, 4) is 5.75 Å². The van der Waals surface area contributed by atoms with E-state index in [1.165, 1.54) is 11.0 Å². The van der Waals surface area contributed by atoms with Crippen LogP contribution in [-0.4, -0.2) is 57.8 Å². The highest BCUT2D eigenvalue weighted by molar-refractivity contribution is 6.00. The Morgan fingerprint density at radius 1 is 0.975 bits per heavy atom. The number of alkyl carbamates (subject to hydrolysis) is 1. The Labute approximate surface area is 237 Å². The van der Waals surface area contributed by atoms with E-state index in [2.05, 4.69) is 17.6 Å². The second-order valence-corrected chi connectivity index (χ2v) is 11.2. The number of unbranched alkanes of at least 4 members (excludes halogenated alkanes) is 3. The number of anilines is 1. The zero-order chi connectivity index (χ0) is 30.0. The summed E-state index contributed by atoms with van der Waals surface area (Å²) < 4.78 is 5.30. The van der Waals surface area contributed by atoms with E-state index in [4.69, 9.17) is 4.74 Å². The Morgan fingerprint density at radius 2 is 1.62 bits per heavy atom. The average Bonchev–Trinajstić information content (AvgIpc) is 2.87. The van der Waals surface area contributed by atoms with Gasteiger partial charge in [0.15, 0.2) is 0 Å². The summed E-state index contributed by atoms with van der Waals surface area (Å²) in [5.74, 6) is -0.990. The van der Waals surface area contributed by atoms with Crippen molar-refractivity contribution >= 4 is 23.6 Å². The summed E-state index contributed by atoms with van der Waals surface area (Å²) in [5.41, 5.74) is 2.63. The first kappa shape index (κ1) is 32.6. The Balaban J connectivity index is 2.56. The molecule has 0 aliphatic carbocycles. The molecule has 2 aromatic rings. The number of hydrogen-bond donors (Lipinski definition) is 4. The van der Waals surface area contributed by atoms with Gasteiger partial charge in [0.2, 0.25) is 5.91 Å². The normalized spacial score (nSPS) is 12.8. The number of aliphatic hydroxyl groups excluding tert-OH is 1. The van der Waals surface area contributed by atoms with Crippen molar-refractivity contribution < 1.29 is 29.3 Å². The summed E-state index contributed by atoms with van der Waals surface area (Å²) in [6, 6.07) is 8.04. The molecule has 2 aromatic carbocycles. The zero-order valence-electron chi connectivity index (χ0n) is 24.8. The van der Waals surface area contributed by atoms with Crippen molar-refractivity contribution in [3.05, 3.63) is 58.7 Å². The van der Waals surface area contributed by atoms with E-state index >= 15 is 0 Å². The number of ether oxygens (including phenoxy) is 1. The van der Waals surface area contributed by atoms with Gasteiger partial charge in [0.1, 0.15) is 23.4 Å². The van der Waals surface area contributed by atoms with E-state index in [-0.39, 0.29) is 12.3 Å². The number of aliphatic hydroxyl groups is 1. The highest BCUT2D eigenvalue weighted by atomic mass is 16.6. The Kier molecular flexibility index (Phi) is 12.0. The quantitative estimate of drug-likeness (QED) is 0.264. The van der Waals surface area contributed by atoms with Gasteiger partial charge in [-0.2, -0.15) is 0 Å². The third kappa shape index (κ3) is 9.26. The van der Waals surface area contributed by atoms with Crippen LogP contribution in [0.25, 0.3) is 0 Å². The molecular weight excluding hydrogens is 510 g/mol. The Bertz CT molecular complexity index is 1150. The standard InChI is InChI=1S/C31H45N3O6/c1-8-9-10-11-17-34(29(38)24(19-35)32-30(39)40-31(5,6)7)27(23-15-16-25(36)22(4)18-23)28(37)33-26-20(2)13-12-14-21(26)3/h12-16,18,24,27,35-36H,8-11,17,19H2,1-7H3,(H,32,39)(H,33,37). The van der Waals surface area contributed by atoms with E-state index in [9.17, 15) is 24.6 Å². The molecule has 2 atom stereocenters. The number of carbonyl (C=O) groups is 3. The number of phenolic OH excluding ortho intramolecular Hbond substituents is 1. The molecule has 0 bridgehead atoms. The molecule has 0 saturated carbocycles. The monoisotopic (exact) mass is 555 g/mol. The van der Waals surface area contributed by atoms with Crippen LogP contribution in [0.5, 0.6) is 5.75 Å². The zero-order valence-corrected chi connectivity index (χ0v) is 24.8. The van der Waals surface area contributed by atoms with Gasteiger partial charge in [-0.1, -0.05) is 50.5 Å². The summed E-state index contributed by atoms with van der Waals surface area (Å²) >= 11 is 0. The number of benzene rings is 2. The van der Waals surface area contributed by atoms with Gasteiger partial charge in [0.25, 0.3) is 5.91 Å². The second-order valence-electron chi connectivity index (χ2n) is 11.2. The minimum atomic E-state index is -1.32. The topological polar surface area (TPSA) is 128 Å². The number of nitrogens with zero attached hydrogens (tertiary/aromatic N) is 1. The van der Waals surface area contributed by atoms with Crippen LogP contribution >= 0.6 is 0 Å². The lowest BCUT2D eigenvalue weighted by Crippen LogP contribution is -2.54. The van der Waals surface area contributed by atoms with Crippen LogP contribution in [-0.2, 0) is 14.3 Å². The molecule has 0 fully saturated rings. The van der Waals surface area contributed by atoms with Gasteiger partial charge in [-0.15, -0.1) is 0 Å². The summed E-state index contributed by atoms with van der Waals surface area (Å²) in [5, 5.41) is 25.8. The maximum Gasteiger partial charge on any atom is 0.408 e. The van der Waals surface area contributed by atoms with E-state index in [0.29, 0.717) is 23.2 Å². The fourth-order valence-corrected chi connectivity index (χ4v) is 4.44. The molecule has 0 saturated heterocycles. The molecule has 9 nitrogen and oxygen atoms in total. The third-order valence-corrected chi connectivity index (χ3v) is 6.53. The fraction of sp³-hybridized carbons (Fsp3) is 0.516. The maximum atomic E-state index is 14.0. The number of phenols is 1. The lowest BCUT2D eigenvalue weighted by Gasteiger charge is -2.34. The lowest BCUT2D eigenvalue weighted by atomic mass is 9.99. The molecule has 4 N–H and O–H groups in total. The summed E-state index contributed by atoms with van der Waals surface area (Å²) in [7, 11) is 0. The van der Waals surface area contributed by atoms with E-state index in [1.807, 2.05) is 32.0 Å². The van der Waals surface area contributed by atoms with Crippen LogP contribution in [0.4, 0.5) is 10.5 Å². The molecule has 0 aromatic heterocycles. The molecular formula is C31H45N3O6. The van der Waals surface area contributed by atoms with Crippen molar-refractivity contribution in [2.24, 2.45) is 0 Å². The van der Waals surface area contributed by atoms with Gasteiger partial charge >= 0.3 is 6.09 Å². The van der Waals surface area contributed by atoms with Crippen LogP contribution in [0.3, 0.4) is 0 Å². The average molecular weight is 556 g/mol. The van der Waals surface area contributed by atoms with E-state index in [0.717, 1.165) is 30.4 Å². The minimum Gasteiger partial charge on any atom is -0.508 e. The van der Waals surface area contributed by atoms with Crippen molar-refractivity contribution in [2.75, 3.05) is 18.5 Å². The van der Waals surface area contributed by atoms with Crippen LogP contribution < -0.4 is 10.6 Å². The summed E-state index contributed by atoms with van der Waals surface area (Å²) in [6.45, 7) is 12.2. The van der Waals surface area contributed by atoms with Gasteiger partial charge in [-0.3, -0.25) is 9.59 Å². The number of para-hydroxylation sites is 1. The van der Waals surface area contributed by atoms with Crippen LogP contribution in [0.15, 0.2) is 36.4 Å². The highest BCUT2D eigenvalue weighted by Gasteiger charge is 2.36. The van der Waals surface area contributed by atoms with Crippen LogP contribution in [0.2, 0.25) is 0 Å². The highest BCUT2D eigenvalue weighted by Crippen LogP contribution is 2.30.